The second-order valence-corrected chi connectivity index (χ2v) is 3.92. The van der Waals surface area contributed by atoms with Crippen LogP contribution in [0.3, 0.4) is 0 Å². The highest BCUT2D eigenvalue weighted by Crippen LogP contribution is 2.14. The average Bonchev–Trinajstić information content (AvgIpc) is 2.93. The summed E-state index contributed by atoms with van der Waals surface area (Å²) in [5.41, 5.74) is 6.37. The molecule has 2 N–H and O–H groups in total. The minimum absolute atomic E-state index is 0.425. The molecular formula is C12H13N5O2. The third kappa shape index (κ3) is 2.50. The zero-order valence-corrected chi connectivity index (χ0v) is 10.3. The maximum Gasteiger partial charge on any atom is 0.233 e. The van der Waals surface area contributed by atoms with Crippen molar-refractivity contribution in [3.63, 3.8) is 0 Å². The van der Waals surface area contributed by atoms with Gasteiger partial charge in [-0.2, -0.15) is 5.12 Å². The van der Waals surface area contributed by atoms with Crippen molar-refractivity contribution >= 4 is 11.7 Å². The number of methoxy groups -OCH3 is 1. The van der Waals surface area contributed by atoms with Gasteiger partial charge in [0.05, 0.1) is 7.11 Å². The summed E-state index contributed by atoms with van der Waals surface area (Å²) in [5.74, 6) is 2.01. The van der Waals surface area contributed by atoms with E-state index >= 15 is 0 Å². The van der Waals surface area contributed by atoms with Gasteiger partial charge in [0.15, 0.2) is 5.84 Å². The molecule has 19 heavy (non-hydrogen) atoms. The van der Waals surface area contributed by atoms with Gasteiger partial charge in [-0.25, -0.2) is 5.53 Å². The van der Waals surface area contributed by atoms with Crippen LogP contribution >= 0.6 is 0 Å². The molecule has 2 aliphatic heterocycles. The van der Waals surface area contributed by atoms with E-state index in [9.17, 15) is 0 Å². The molecule has 0 atom stereocenters. The van der Waals surface area contributed by atoms with E-state index in [4.69, 9.17) is 9.47 Å². The van der Waals surface area contributed by atoms with Crippen LogP contribution < -0.4 is 15.8 Å². The van der Waals surface area contributed by atoms with E-state index in [0.717, 1.165) is 11.3 Å². The van der Waals surface area contributed by atoms with Crippen LogP contribution in [-0.2, 0) is 11.3 Å². The van der Waals surface area contributed by atoms with Gasteiger partial charge < -0.3 is 9.47 Å². The number of nitrogens with zero attached hydrogens (tertiary/aromatic N) is 3. The molecule has 3 rings (SSSR count). The molecule has 7 nitrogen and oxygen atoms in total. The molecule has 1 aromatic carbocycles. The van der Waals surface area contributed by atoms with Gasteiger partial charge in [-0.15, -0.1) is 15.7 Å². The van der Waals surface area contributed by atoms with Crippen LogP contribution in [0.5, 0.6) is 5.75 Å². The van der Waals surface area contributed by atoms with E-state index < -0.39 is 0 Å². The predicted molar refractivity (Wildman–Crippen MR) is 69.9 cm³/mol. The third-order valence-corrected chi connectivity index (χ3v) is 2.64. The first-order valence-electron chi connectivity index (χ1n) is 5.76. The predicted octanol–water partition coefficient (Wildman–Crippen LogP) is 0.733. The van der Waals surface area contributed by atoms with Crippen LogP contribution in [0.4, 0.5) is 0 Å². The molecule has 2 aliphatic rings. The first-order valence-corrected chi connectivity index (χ1v) is 5.76. The van der Waals surface area contributed by atoms with Crippen LogP contribution in [0.2, 0.25) is 0 Å². The Morgan fingerprint density at radius 3 is 3.16 bits per heavy atom. The lowest BCUT2D eigenvalue weighted by atomic mass is 10.2. The lowest BCUT2D eigenvalue weighted by Gasteiger charge is -2.16. The third-order valence-electron chi connectivity index (χ3n) is 2.64. The van der Waals surface area contributed by atoms with Crippen molar-refractivity contribution in [1.82, 2.24) is 16.2 Å². The summed E-state index contributed by atoms with van der Waals surface area (Å²) in [5, 5.41) is 9.66. The Bertz CT molecular complexity index is 567. The lowest BCUT2D eigenvalue weighted by Crippen LogP contribution is -2.38. The molecule has 0 unspecified atom stereocenters. The minimum Gasteiger partial charge on any atom is -0.497 e. The number of nitrogens with one attached hydrogen (secondary N) is 2. The average molecular weight is 259 g/mol. The smallest absolute Gasteiger partial charge is 0.233 e. The van der Waals surface area contributed by atoms with Crippen LogP contribution in [0.1, 0.15) is 5.56 Å². The summed E-state index contributed by atoms with van der Waals surface area (Å²) in [6, 6.07) is 7.71. The highest BCUT2D eigenvalue weighted by Gasteiger charge is 2.18. The Balaban J connectivity index is 1.63. The number of rotatable bonds is 3. The van der Waals surface area contributed by atoms with Gasteiger partial charge in [0.25, 0.3) is 0 Å². The van der Waals surface area contributed by atoms with Crippen LogP contribution in [0, 0.1) is 0 Å². The number of hydrogen-bond acceptors (Lipinski definition) is 7. The van der Waals surface area contributed by atoms with Gasteiger partial charge in [-0.05, 0) is 23.8 Å². The Morgan fingerprint density at radius 2 is 2.26 bits per heavy atom. The van der Waals surface area contributed by atoms with Crippen molar-refractivity contribution in [3.8, 4) is 5.75 Å². The number of benzene rings is 1. The summed E-state index contributed by atoms with van der Waals surface area (Å²) in [4.78, 5) is 0. The van der Waals surface area contributed by atoms with E-state index in [2.05, 4.69) is 21.3 Å². The summed E-state index contributed by atoms with van der Waals surface area (Å²) in [7, 11) is 1.64. The van der Waals surface area contributed by atoms with Gasteiger partial charge in [0, 0.05) is 6.08 Å². The van der Waals surface area contributed by atoms with Gasteiger partial charge in [0.1, 0.15) is 12.4 Å². The fourth-order valence-electron chi connectivity index (χ4n) is 1.69. The van der Waals surface area contributed by atoms with Crippen LogP contribution in [-0.4, -0.2) is 24.0 Å². The summed E-state index contributed by atoms with van der Waals surface area (Å²) >= 11 is 0. The standard InChI is InChI=1S/C12H13N5O2/c1-18-10-4-2-3-9(7-10)8-19-12-6-5-11-13-15-16-17(11)14-12/h2-7,15-16H,8H2,1H3. The monoisotopic (exact) mass is 259 g/mol. The summed E-state index contributed by atoms with van der Waals surface area (Å²) < 4.78 is 10.8. The van der Waals surface area contributed by atoms with Crippen molar-refractivity contribution in [2.75, 3.05) is 7.11 Å². The van der Waals surface area contributed by atoms with Gasteiger partial charge in [-0.1, -0.05) is 12.1 Å². The number of hydrazine groups is 2. The molecule has 7 heteroatoms. The molecule has 0 aromatic heterocycles. The Morgan fingerprint density at radius 1 is 1.32 bits per heavy atom. The van der Waals surface area contributed by atoms with E-state index in [1.165, 1.54) is 5.12 Å². The van der Waals surface area contributed by atoms with E-state index in [-0.39, 0.29) is 0 Å². The van der Waals surface area contributed by atoms with Crippen LogP contribution in [0.25, 0.3) is 0 Å². The minimum atomic E-state index is 0.425. The molecule has 1 aromatic rings. The molecule has 0 aliphatic carbocycles. The first kappa shape index (κ1) is 11.5. The van der Waals surface area contributed by atoms with E-state index in [0.29, 0.717) is 18.3 Å². The molecule has 98 valence electrons. The molecule has 0 amide bonds. The lowest BCUT2D eigenvalue weighted by molar-refractivity contribution is 0.257. The molecule has 0 bridgehead atoms. The van der Waals surface area contributed by atoms with Gasteiger partial charge >= 0.3 is 0 Å². The number of ether oxygens (including phenoxy) is 2. The number of fused-ring (bicyclic) bond motifs is 1. The Kier molecular flexibility index (Phi) is 3.03. The normalized spacial score (nSPS) is 16.4. The van der Waals surface area contributed by atoms with Crippen molar-refractivity contribution in [2.45, 2.75) is 6.61 Å². The first-order chi connectivity index (χ1) is 9.35. The molecule has 0 saturated carbocycles. The maximum absolute atomic E-state index is 5.62. The number of hydrazone groups is 2. The molecule has 2 heterocycles. The molecule has 0 radical (unpaired) electrons. The molecule has 0 saturated heterocycles. The van der Waals surface area contributed by atoms with Crippen LogP contribution in [0.15, 0.2) is 46.6 Å². The van der Waals surface area contributed by atoms with Crippen molar-refractivity contribution in [2.24, 2.45) is 10.2 Å². The van der Waals surface area contributed by atoms with E-state index in [1.807, 2.05) is 24.3 Å². The Labute approximate surface area is 110 Å². The molecular weight excluding hydrogens is 246 g/mol. The second kappa shape index (κ2) is 4.99. The largest absolute Gasteiger partial charge is 0.497 e. The summed E-state index contributed by atoms with van der Waals surface area (Å²) in [6.07, 6.45) is 3.57. The highest BCUT2D eigenvalue weighted by molar-refractivity contribution is 6.03. The summed E-state index contributed by atoms with van der Waals surface area (Å²) in [6.45, 7) is 0.425. The topological polar surface area (TPSA) is 70.5 Å². The highest BCUT2D eigenvalue weighted by atomic mass is 16.5. The fourth-order valence-corrected chi connectivity index (χ4v) is 1.69. The van der Waals surface area contributed by atoms with E-state index in [1.54, 1.807) is 19.3 Å². The SMILES string of the molecule is COc1cccc(COC2=NN3NNN=C3C=C2)c1. The zero-order valence-electron chi connectivity index (χ0n) is 10.3. The van der Waals surface area contributed by atoms with Crippen molar-refractivity contribution in [3.05, 3.63) is 42.0 Å². The van der Waals surface area contributed by atoms with Crippen molar-refractivity contribution in [1.29, 1.82) is 0 Å². The number of hydrogen-bond donors (Lipinski definition) is 2. The van der Waals surface area contributed by atoms with Crippen molar-refractivity contribution < 1.29 is 9.47 Å². The molecule has 0 fully saturated rings. The Hall–Kier alpha value is -2.54. The fraction of sp³-hybridized carbons (Fsp3) is 0.167. The van der Waals surface area contributed by atoms with Gasteiger partial charge in [0.2, 0.25) is 5.90 Å². The second-order valence-electron chi connectivity index (χ2n) is 3.92. The maximum atomic E-state index is 5.62. The quantitative estimate of drug-likeness (QED) is 0.837. The van der Waals surface area contributed by atoms with Gasteiger partial charge in [-0.3, -0.25) is 0 Å². The molecule has 0 spiro atoms. The zero-order chi connectivity index (χ0) is 13.1. The number of amidine groups is 1.